The van der Waals surface area contributed by atoms with Crippen LogP contribution in [0.15, 0.2) is 23.8 Å². The second-order valence-corrected chi connectivity index (χ2v) is 6.49. The standard InChI is InChI=1S/C12H16Si/c1-8-5-4-6-11-10(8)7-9(2)12(11,3)13/h4-7H,1-3,13H3. The molecular weight excluding hydrogens is 172 g/mol. The highest BCUT2D eigenvalue weighted by Crippen LogP contribution is 2.39. The molecule has 13 heavy (non-hydrogen) atoms. The van der Waals surface area contributed by atoms with Gasteiger partial charge in [-0.15, -0.1) is 0 Å². The third-order valence-electron chi connectivity index (χ3n) is 3.34. The summed E-state index contributed by atoms with van der Waals surface area (Å²) in [5, 5.41) is 0.376. The second-order valence-electron chi connectivity index (χ2n) is 4.49. The van der Waals surface area contributed by atoms with Gasteiger partial charge in [0.2, 0.25) is 0 Å². The SMILES string of the molecule is CC1=Cc2c(C)cccc2C1(C)[SiH3]. The molecule has 0 radical (unpaired) electrons. The Morgan fingerprint density at radius 3 is 2.54 bits per heavy atom. The van der Waals surface area contributed by atoms with E-state index >= 15 is 0 Å². The average molecular weight is 188 g/mol. The molecule has 0 heterocycles. The van der Waals surface area contributed by atoms with Crippen molar-refractivity contribution in [1.82, 2.24) is 0 Å². The highest BCUT2D eigenvalue weighted by Gasteiger charge is 2.30. The van der Waals surface area contributed by atoms with Gasteiger partial charge in [-0.1, -0.05) is 36.8 Å². The lowest BCUT2D eigenvalue weighted by atomic mass is 9.96. The largest absolute Gasteiger partial charge is 0.0662 e. The zero-order valence-electron chi connectivity index (χ0n) is 8.81. The van der Waals surface area contributed by atoms with Crippen molar-refractivity contribution in [1.29, 1.82) is 0 Å². The average Bonchev–Trinajstić information content (AvgIpc) is 2.28. The topological polar surface area (TPSA) is 0 Å². The molecule has 0 saturated carbocycles. The minimum atomic E-state index is 0.376. The van der Waals surface area contributed by atoms with E-state index in [9.17, 15) is 0 Å². The Kier molecular flexibility index (Phi) is 1.74. The summed E-state index contributed by atoms with van der Waals surface area (Å²) in [6.07, 6.45) is 2.36. The van der Waals surface area contributed by atoms with E-state index in [0.717, 1.165) is 0 Å². The fourth-order valence-corrected chi connectivity index (χ4v) is 2.61. The Balaban J connectivity index is 2.71. The fourth-order valence-electron chi connectivity index (χ4n) is 2.03. The van der Waals surface area contributed by atoms with Gasteiger partial charge in [0.25, 0.3) is 0 Å². The zero-order chi connectivity index (χ0) is 9.64. The van der Waals surface area contributed by atoms with E-state index in [1.165, 1.54) is 32.5 Å². The summed E-state index contributed by atoms with van der Waals surface area (Å²) in [4.78, 5) is 0. The Morgan fingerprint density at radius 1 is 1.23 bits per heavy atom. The van der Waals surface area contributed by atoms with E-state index in [1.807, 2.05) is 0 Å². The molecule has 0 saturated heterocycles. The predicted molar refractivity (Wildman–Crippen MR) is 62.1 cm³/mol. The molecular formula is C12H16Si. The summed E-state index contributed by atoms with van der Waals surface area (Å²) >= 11 is 0. The molecule has 1 aromatic carbocycles. The minimum absolute atomic E-state index is 0.376. The Labute approximate surface area is 83.1 Å². The third kappa shape index (κ3) is 1.11. The van der Waals surface area contributed by atoms with Crippen molar-refractivity contribution in [2.24, 2.45) is 0 Å². The summed E-state index contributed by atoms with van der Waals surface area (Å²) in [6, 6.07) is 6.66. The quantitative estimate of drug-likeness (QED) is 0.546. The molecule has 1 aliphatic rings. The van der Waals surface area contributed by atoms with Crippen molar-refractivity contribution >= 4 is 16.3 Å². The van der Waals surface area contributed by atoms with Crippen LogP contribution in [0.2, 0.25) is 0 Å². The lowest BCUT2D eigenvalue weighted by molar-refractivity contribution is 0.818. The molecule has 0 fully saturated rings. The summed E-state index contributed by atoms with van der Waals surface area (Å²) in [7, 11) is 1.20. The molecule has 1 aromatic rings. The van der Waals surface area contributed by atoms with Gasteiger partial charge in [-0.2, -0.15) is 0 Å². The van der Waals surface area contributed by atoms with Crippen molar-refractivity contribution in [3.63, 3.8) is 0 Å². The second kappa shape index (κ2) is 2.58. The van der Waals surface area contributed by atoms with Gasteiger partial charge < -0.3 is 0 Å². The molecule has 1 atom stereocenters. The van der Waals surface area contributed by atoms with Crippen LogP contribution < -0.4 is 0 Å². The maximum absolute atomic E-state index is 2.36. The number of hydrogen-bond donors (Lipinski definition) is 0. The molecule has 0 aliphatic heterocycles. The van der Waals surface area contributed by atoms with Crippen LogP contribution in [0.25, 0.3) is 6.08 Å². The van der Waals surface area contributed by atoms with E-state index in [-0.39, 0.29) is 0 Å². The van der Waals surface area contributed by atoms with Crippen LogP contribution in [0, 0.1) is 6.92 Å². The first kappa shape index (κ1) is 8.76. The molecule has 1 heteroatoms. The first-order valence-electron chi connectivity index (χ1n) is 4.82. The van der Waals surface area contributed by atoms with Crippen molar-refractivity contribution in [2.75, 3.05) is 0 Å². The predicted octanol–water partition coefficient (Wildman–Crippen LogP) is 1.99. The molecule has 1 unspecified atom stereocenters. The van der Waals surface area contributed by atoms with Crippen LogP contribution in [0.1, 0.15) is 30.5 Å². The van der Waals surface area contributed by atoms with Crippen LogP contribution in [0.4, 0.5) is 0 Å². The molecule has 68 valence electrons. The van der Waals surface area contributed by atoms with Crippen molar-refractivity contribution in [3.05, 3.63) is 40.5 Å². The molecule has 0 bridgehead atoms. The molecule has 0 amide bonds. The number of benzene rings is 1. The maximum atomic E-state index is 2.36. The lowest BCUT2D eigenvalue weighted by Crippen LogP contribution is -2.20. The van der Waals surface area contributed by atoms with Crippen molar-refractivity contribution < 1.29 is 0 Å². The number of hydrogen-bond acceptors (Lipinski definition) is 0. The highest BCUT2D eigenvalue weighted by atomic mass is 28.1. The summed E-state index contributed by atoms with van der Waals surface area (Å²) in [5.74, 6) is 0. The van der Waals surface area contributed by atoms with Crippen molar-refractivity contribution in [2.45, 2.75) is 25.8 Å². The van der Waals surface area contributed by atoms with E-state index in [2.05, 4.69) is 45.0 Å². The first-order chi connectivity index (χ1) is 6.03. The summed E-state index contributed by atoms with van der Waals surface area (Å²) in [5.41, 5.74) is 5.95. The van der Waals surface area contributed by atoms with Gasteiger partial charge in [-0.05, 0) is 35.6 Å². The molecule has 0 aromatic heterocycles. The molecule has 0 N–H and O–H groups in total. The van der Waals surface area contributed by atoms with Gasteiger partial charge in [-0.3, -0.25) is 0 Å². The van der Waals surface area contributed by atoms with E-state index in [4.69, 9.17) is 0 Å². The molecule has 0 spiro atoms. The smallest absolute Gasteiger partial charge is 0.0210 e. The number of allylic oxidation sites excluding steroid dienone is 1. The van der Waals surface area contributed by atoms with E-state index in [0.29, 0.717) is 5.04 Å². The van der Waals surface area contributed by atoms with Crippen LogP contribution in [-0.4, -0.2) is 10.2 Å². The first-order valence-corrected chi connectivity index (χ1v) is 5.82. The van der Waals surface area contributed by atoms with Gasteiger partial charge >= 0.3 is 0 Å². The lowest BCUT2D eigenvalue weighted by Gasteiger charge is -2.22. The fraction of sp³-hybridized carbons (Fsp3) is 0.333. The minimum Gasteiger partial charge on any atom is -0.0662 e. The van der Waals surface area contributed by atoms with Crippen molar-refractivity contribution in [3.8, 4) is 0 Å². The van der Waals surface area contributed by atoms with E-state index in [1.54, 1.807) is 0 Å². The molecule has 2 rings (SSSR count). The van der Waals surface area contributed by atoms with Gasteiger partial charge in [0, 0.05) is 10.2 Å². The van der Waals surface area contributed by atoms with Crippen LogP contribution in [-0.2, 0) is 5.04 Å². The van der Waals surface area contributed by atoms with Gasteiger partial charge in [0.1, 0.15) is 0 Å². The number of aryl methyl sites for hydroxylation is 1. The molecule has 1 aliphatic carbocycles. The van der Waals surface area contributed by atoms with Gasteiger partial charge in [0.15, 0.2) is 0 Å². The highest BCUT2D eigenvalue weighted by molar-refractivity contribution is 6.19. The zero-order valence-corrected chi connectivity index (χ0v) is 10.8. The summed E-state index contributed by atoms with van der Waals surface area (Å²) < 4.78 is 0. The Hall–Kier alpha value is -0.823. The number of rotatable bonds is 0. The van der Waals surface area contributed by atoms with Crippen LogP contribution >= 0.6 is 0 Å². The van der Waals surface area contributed by atoms with Crippen LogP contribution in [0.3, 0.4) is 0 Å². The monoisotopic (exact) mass is 188 g/mol. The van der Waals surface area contributed by atoms with Crippen LogP contribution in [0.5, 0.6) is 0 Å². The van der Waals surface area contributed by atoms with E-state index < -0.39 is 0 Å². The summed E-state index contributed by atoms with van der Waals surface area (Å²) in [6.45, 7) is 6.81. The maximum Gasteiger partial charge on any atom is 0.0210 e. The normalized spacial score (nSPS) is 25.9. The third-order valence-corrected chi connectivity index (χ3v) is 4.67. The Bertz CT molecular complexity index is 386. The van der Waals surface area contributed by atoms with Gasteiger partial charge in [-0.25, -0.2) is 0 Å². The Morgan fingerprint density at radius 2 is 1.92 bits per heavy atom. The number of fused-ring (bicyclic) bond motifs is 1. The van der Waals surface area contributed by atoms with Gasteiger partial charge in [0.05, 0.1) is 0 Å². The molecule has 0 nitrogen and oxygen atoms in total.